The lowest BCUT2D eigenvalue weighted by molar-refractivity contribution is -0.142. The van der Waals surface area contributed by atoms with Gasteiger partial charge >= 0.3 is 0 Å². The number of piperidine rings is 1. The number of hydrogen-bond donors (Lipinski definition) is 1. The molecule has 1 saturated heterocycles. The minimum absolute atomic E-state index is 0.0805. The Labute approximate surface area is 117 Å². The molecule has 1 atom stereocenters. The van der Waals surface area contributed by atoms with Crippen molar-refractivity contribution in [1.82, 2.24) is 4.90 Å². The van der Waals surface area contributed by atoms with Crippen LogP contribution in [0.5, 0.6) is 0 Å². The summed E-state index contributed by atoms with van der Waals surface area (Å²) in [5.41, 5.74) is -0.0805. The predicted octanol–water partition coefficient (Wildman–Crippen LogP) is 3.11. The van der Waals surface area contributed by atoms with Gasteiger partial charge in [0, 0.05) is 18.5 Å². The molecule has 1 unspecified atom stereocenters. The van der Waals surface area contributed by atoms with Gasteiger partial charge in [0.25, 0.3) is 0 Å². The average molecular weight is 267 g/mol. The van der Waals surface area contributed by atoms with Gasteiger partial charge in [0.05, 0.1) is 6.10 Å². The number of nitrogens with zero attached hydrogens (tertiary/aromatic N) is 1. The van der Waals surface area contributed by atoms with Gasteiger partial charge in [0.15, 0.2) is 0 Å². The molecule has 19 heavy (non-hydrogen) atoms. The SMILES string of the molecule is CC1(C)CCC(O)CN1C(=O)CCC1CCCCC1. The first-order valence-corrected chi connectivity index (χ1v) is 7.97. The zero-order chi connectivity index (χ0) is 13.9. The van der Waals surface area contributed by atoms with E-state index in [4.69, 9.17) is 0 Å². The summed E-state index contributed by atoms with van der Waals surface area (Å²) in [5.74, 6) is 1.00. The van der Waals surface area contributed by atoms with Crippen LogP contribution in [0.3, 0.4) is 0 Å². The van der Waals surface area contributed by atoms with E-state index in [0.29, 0.717) is 13.0 Å². The number of β-amino-alcohol motifs (C(OH)–C–C–N with tert-alkyl or cyclic N) is 1. The second-order valence-corrected chi connectivity index (χ2v) is 7.05. The summed E-state index contributed by atoms with van der Waals surface area (Å²) >= 11 is 0. The highest BCUT2D eigenvalue weighted by Gasteiger charge is 2.36. The van der Waals surface area contributed by atoms with E-state index < -0.39 is 0 Å². The Morgan fingerprint density at radius 1 is 1.21 bits per heavy atom. The number of carbonyl (C=O) groups is 1. The zero-order valence-electron chi connectivity index (χ0n) is 12.5. The standard InChI is InChI=1S/C16H29NO2/c1-16(2)11-10-14(18)12-17(16)15(19)9-8-13-6-4-3-5-7-13/h13-14,18H,3-12H2,1-2H3. The third-order valence-electron chi connectivity index (χ3n) is 5.01. The molecule has 2 aliphatic rings. The Bertz CT molecular complexity index is 308. The van der Waals surface area contributed by atoms with Crippen molar-refractivity contribution < 1.29 is 9.90 Å². The fourth-order valence-corrected chi connectivity index (χ4v) is 3.58. The number of carbonyl (C=O) groups excluding carboxylic acids is 1. The van der Waals surface area contributed by atoms with Crippen molar-refractivity contribution in [2.24, 2.45) is 5.92 Å². The van der Waals surface area contributed by atoms with Crippen molar-refractivity contribution in [3.63, 3.8) is 0 Å². The minimum Gasteiger partial charge on any atom is -0.391 e. The maximum Gasteiger partial charge on any atom is 0.223 e. The van der Waals surface area contributed by atoms with E-state index in [0.717, 1.165) is 25.2 Å². The van der Waals surface area contributed by atoms with E-state index in [9.17, 15) is 9.90 Å². The van der Waals surface area contributed by atoms with Crippen LogP contribution in [0.25, 0.3) is 0 Å². The molecule has 1 N–H and O–H groups in total. The predicted molar refractivity (Wildman–Crippen MR) is 76.8 cm³/mol. The number of aliphatic hydroxyl groups excluding tert-OH is 1. The van der Waals surface area contributed by atoms with Crippen molar-refractivity contribution >= 4 is 5.91 Å². The fraction of sp³-hybridized carbons (Fsp3) is 0.938. The Kier molecular flexibility index (Phi) is 4.88. The third kappa shape index (κ3) is 3.95. The lowest BCUT2D eigenvalue weighted by atomic mass is 9.85. The van der Waals surface area contributed by atoms with Crippen LogP contribution in [-0.4, -0.2) is 34.1 Å². The molecular formula is C16H29NO2. The van der Waals surface area contributed by atoms with Gasteiger partial charge < -0.3 is 10.0 Å². The minimum atomic E-state index is -0.327. The topological polar surface area (TPSA) is 40.5 Å². The molecule has 0 aromatic rings. The number of rotatable bonds is 3. The molecular weight excluding hydrogens is 238 g/mol. The van der Waals surface area contributed by atoms with E-state index >= 15 is 0 Å². The van der Waals surface area contributed by atoms with Crippen molar-refractivity contribution in [2.45, 2.75) is 83.3 Å². The summed E-state index contributed by atoms with van der Waals surface area (Å²) in [6.07, 6.45) is 9.77. The lowest BCUT2D eigenvalue weighted by Crippen LogP contribution is -2.54. The molecule has 0 spiro atoms. The average Bonchev–Trinajstić information content (AvgIpc) is 2.40. The van der Waals surface area contributed by atoms with Gasteiger partial charge in [-0.05, 0) is 39.0 Å². The number of aliphatic hydroxyl groups is 1. The molecule has 3 heteroatoms. The molecule has 2 fully saturated rings. The van der Waals surface area contributed by atoms with Gasteiger partial charge in [-0.3, -0.25) is 4.79 Å². The summed E-state index contributed by atoms with van der Waals surface area (Å²) in [6.45, 7) is 4.77. The van der Waals surface area contributed by atoms with E-state index in [1.54, 1.807) is 0 Å². The van der Waals surface area contributed by atoms with Crippen molar-refractivity contribution in [3.8, 4) is 0 Å². The molecule has 0 bridgehead atoms. The van der Waals surface area contributed by atoms with Gasteiger partial charge in [0.2, 0.25) is 5.91 Å². The molecule has 1 aliphatic carbocycles. The first-order chi connectivity index (χ1) is 8.99. The monoisotopic (exact) mass is 267 g/mol. The van der Waals surface area contributed by atoms with E-state index in [-0.39, 0.29) is 17.6 Å². The molecule has 2 rings (SSSR count). The van der Waals surface area contributed by atoms with Crippen LogP contribution in [0.15, 0.2) is 0 Å². The number of hydrogen-bond acceptors (Lipinski definition) is 2. The first kappa shape index (κ1) is 14.8. The number of likely N-dealkylation sites (tertiary alicyclic amines) is 1. The van der Waals surface area contributed by atoms with Crippen molar-refractivity contribution in [3.05, 3.63) is 0 Å². The van der Waals surface area contributed by atoms with Gasteiger partial charge in [-0.1, -0.05) is 32.1 Å². The Morgan fingerprint density at radius 3 is 2.58 bits per heavy atom. The Hall–Kier alpha value is -0.570. The summed E-state index contributed by atoms with van der Waals surface area (Å²) in [7, 11) is 0. The molecule has 1 amide bonds. The Morgan fingerprint density at radius 2 is 1.89 bits per heavy atom. The quantitative estimate of drug-likeness (QED) is 0.853. The second-order valence-electron chi connectivity index (χ2n) is 7.05. The van der Waals surface area contributed by atoms with Crippen LogP contribution < -0.4 is 0 Å². The van der Waals surface area contributed by atoms with Crippen LogP contribution in [0.1, 0.15) is 71.6 Å². The highest BCUT2D eigenvalue weighted by molar-refractivity contribution is 5.77. The molecule has 1 saturated carbocycles. The smallest absolute Gasteiger partial charge is 0.223 e. The molecule has 0 aromatic heterocycles. The summed E-state index contributed by atoms with van der Waals surface area (Å²) in [6, 6.07) is 0. The van der Waals surface area contributed by atoms with Gasteiger partial charge in [-0.25, -0.2) is 0 Å². The normalized spacial score (nSPS) is 28.4. The van der Waals surface area contributed by atoms with Crippen molar-refractivity contribution in [1.29, 1.82) is 0 Å². The summed E-state index contributed by atoms with van der Waals surface area (Å²) in [5, 5.41) is 9.78. The molecule has 110 valence electrons. The van der Waals surface area contributed by atoms with Gasteiger partial charge in [-0.2, -0.15) is 0 Å². The van der Waals surface area contributed by atoms with E-state index in [1.807, 2.05) is 4.90 Å². The molecule has 3 nitrogen and oxygen atoms in total. The largest absolute Gasteiger partial charge is 0.391 e. The maximum absolute atomic E-state index is 12.4. The van der Waals surface area contributed by atoms with Crippen LogP contribution >= 0.6 is 0 Å². The van der Waals surface area contributed by atoms with Crippen LogP contribution in [-0.2, 0) is 4.79 Å². The summed E-state index contributed by atoms with van der Waals surface area (Å²) < 4.78 is 0. The highest BCUT2D eigenvalue weighted by Crippen LogP contribution is 2.31. The zero-order valence-corrected chi connectivity index (χ0v) is 12.5. The molecule has 0 radical (unpaired) electrons. The molecule has 1 aliphatic heterocycles. The Balaban J connectivity index is 1.83. The fourth-order valence-electron chi connectivity index (χ4n) is 3.58. The lowest BCUT2D eigenvalue weighted by Gasteiger charge is -2.44. The summed E-state index contributed by atoms with van der Waals surface area (Å²) in [4.78, 5) is 14.3. The first-order valence-electron chi connectivity index (χ1n) is 7.97. The van der Waals surface area contributed by atoms with Crippen LogP contribution in [0.2, 0.25) is 0 Å². The van der Waals surface area contributed by atoms with E-state index in [1.165, 1.54) is 32.1 Å². The molecule has 1 heterocycles. The third-order valence-corrected chi connectivity index (χ3v) is 5.01. The van der Waals surface area contributed by atoms with Crippen LogP contribution in [0, 0.1) is 5.92 Å². The van der Waals surface area contributed by atoms with Crippen molar-refractivity contribution in [2.75, 3.05) is 6.54 Å². The van der Waals surface area contributed by atoms with Gasteiger partial charge in [0.1, 0.15) is 0 Å². The maximum atomic E-state index is 12.4. The second kappa shape index (κ2) is 6.25. The van der Waals surface area contributed by atoms with Gasteiger partial charge in [-0.15, -0.1) is 0 Å². The van der Waals surface area contributed by atoms with Crippen LogP contribution in [0.4, 0.5) is 0 Å². The number of amides is 1. The van der Waals surface area contributed by atoms with E-state index in [2.05, 4.69) is 13.8 Å². The highest BCUT2D eigenvalue weighted by atomic mass is 16.3. The molecule has 0 aromatic carbocycles.